The van der Waals surface area contributed by atoms with Gasteiger partial charge in [0.2, 0.25) is 0 Å². The number of nitrogens with zero attached hydrogens (tertiary/aromatic N) is 4. The zero-order valence-electron chi connectivity index (χ0n) is 12.0. The SMILES string of the molecule is CC(C)(C)N1CCC(n2cnc3ccncc32)CC1. The highest BCUT2D eigenvalue weighted by atomic mass is 15.2. The zero-order chi connectivity index (χ0) is 13.5. The van der Waals surface area contributed by atoms with Gasteiger partial charge in [-0.1, -0.05) is 0 Å². The van der Waals surface area contributed by atoms with Gasteiger partial charge in [0.05, 0.1) is 23.6 Å². The first kappa shape index (κ1) is 12.6. The van der Waals surface area contributed by atoms with Gasteiger partial charge in [-0.3, -0.25) is 9.88 Å². The molecule has 19 heavy (non-hydrogen) atoms. The fourth-order valence-electron chi connectivity index (χ4n) is 2.98. The van der Waals surface area contributed by atoms with Crippen LogP contribution in [0.5, 0.6) is 0 Å². The Balaban J connectivity index is 1.79. The molecule has 0 radical (unpaired) electrons. The quantitative estimate of drug-likeness (QED) is 0.788. The molecule has 0 amide bonds. The third kappa shape index (κ3) is 2.37. The summed E-state index contributed by atoms with van der Waals surface area (Å²) in [6.45, 7) is 9.21. The van der Waals surface area contributed by atoms with Crippen molar-refractivity contribution < 1.29 is 0 Å². The highest BCUT2D eigenvalue weighted by Crippen LogP contribution is 2.29. The predicted molar refractivity (Wildman–Crippen MR) is 77.1 cm³/mol. The van der Waals surface area contributed by atoms with Crippen molar-refractivity contribution >= 4 is 11.0 Å². The first-order chi connectivity index (χ1) is 9.05. The maximum atomic E-state index is 4.47. The second-order valence-corrected chi connectivity index (χ2v) is 6.41. The van der Waals surface area contributed by atoms with Crippen LogP contribution < -0.4 is 0 Å². The lowest BCUT2D eigenvalue weighted by Crippen LogP contribution is -2.46. The molecule has 3 rings (SSSR count). The Morgan fingerprint density at radius 3 is 2.63 bits per heavy atom. The Morgan fingerprint density at radius 1 is 1.21 bits per heavy atom. The van der Waals surface area contributed by atoms with E-state index in [2.05, 4.69) is 40.2 Å². The monoisotopic (exact) mass is 258 g/mol. The zero-order valence-corrected chi connectivity index (χ0v) is 12.0. The van der Waals surface area contributed by atoms with Crippen LogP contribution in [0.1, 0.15) is 39.7 Å². The maximum absolute atomic E-state index is 4.47. The van der Waals surface area contributed by atoms with Gasteiger partial charge in [-0.25, -0.2) is 4.98 Å². The van der Waals surface area contributed by atoms with Crippen LogP contribution in [0, 0.1) is 0 Å². The van der Waals surface area contributed by atoms with Crippen LogP contribution >= 0.6 is 0 Å². The van der Waals surface area contributed by atoms with Crippen molar-refractivity contribution in [2.75, 3.05) is 13.1 Å². The standard InChI is InChI=1S/C15H22N4/c1-15(2,3)18-8-5-12(6-9-18)19-11-17-13-4-7-16-10-14(13)19/h4,7,10-12H,5-6,8-9H2,1-3H3. The number of rotatable bonds is 1. The number of imidazole rings is 1. The number of piperidine rings is 1. The van der Waals surface area contributed by atoms with Crippen LogP contribution in [-0.2, 0) is 0 Å². The fourth-order valence-corrected chi connectivity index (χ4v) is 2.98. The number of hydrogen-bond acceptors (Lipinski definition) is 3. The Morgan fingerprint density at radius 2 is 1.95 bits per heavy atom. The molecule has 2 aromatic rings. The molecule has 1 aliphatic rings. The van der Waals surface area contributed by atoms with E-state index in [0.717, 1.165) is 24.1 Å². The van der Waals surface area contributed by atoms with Crippen LogP contribution in [-0.4, -0.2) is 38.1 Å². The van der Waals surface area contributed by atoms with Crippen molar-refractivity contribution in [3.05, 3.63) is 24.8 Å². The minimum Gasteiger partial charge on any atom is -0.326 e. The molecule has 4 heteroatoms. The van der Waals surface area contributed by atoms with Crippen LogP contribution in [0.3, 0.4) is 0 Å². The molecule has 0 spiro atoms. The third-order valence-electron chi connectivity index (χ3n) is 4.18. The fraction of sp³-hybridized carbons (Fsp3) is 0.600. The summed E-state index contributed by atoms with van der Waals surface area (Å²) in [4.78, 5) is 11.3. The van der Waals surface area contributed by atoms with Crippen molar-refractivity contribution in [3.63, 3.8) is 0 Å². The van der Waals surface area contributed by atoms with E-state index in [9.17, 15) is 0 Å². The minimum atomic E-state index is 0.281. The lowest BCUT2D eigenvalue weighted by molar-refractivity contribution is 0.0906. The number of fused-ring (bicyclic) bond motifs is 1. The Hall–Kier alpha value is -1.42. The second kappa shape index (κ2) is 4.60. The van der Waals surface area contributed by atoms with Crippen LogP contribution in [0.25, 0.3) is 11.0 Å². The average molecular weight is 258 g/mol. The van der Waals surface area contributed by atoms with Gasteiger partial charge in [-0.15, -0.1) is 0 Å². The second-order valence-electron chi connectivity index (χ2n) is 6.41. The normalized spacial score (nSPS) is 19.1. The molecule has 2 aromatic heterocycles. The van der Waals surface area contributed by atoms with E-state index in [0.29, 0.717) is 6.04 Å². The number of hydrogen-bond donors (Lipinski definition) is 0. The highest BCUT2D eigenvalue weighted by molar-refractivity contribution is 5.73. The van der Waals surface area contributed by atoms with Crippen LogP contribution in [0.2, 0.25) is 0 Å². The Bertz CT molecular complexity index is 559. The molecule has 0 unspecified atom stereocenters. The topological polar surface area (TPSA) is 34.0 Å². The molecule has 102 valence electrons. The molecule has 0 bridgehead atoms. The summed E-state index contributed by atoms with van der Waals surface area (Å²) in [6.07, 6.45) is 8.10. The van der Waals surface area contributed by atoms with Gasteiger partial charge in [0.1, 0.15) is 0 Å². The van der Waals surface area contributed by atoms with E-state index < -0.39 is 0 Å². The molecule has 3 heterocycles. The van der Waals surface area contributed by atoms with E-state index >= 15 is 0 Å². The molecule has 1 fully saturated rings. The van der Waals surface area contributed by atoms with Gasteiger partial charge in [0.25, 0.3) is 0 Å². The van der Waals surface area contributed by atoms with Gasteiger partial charge >= 0.3 is 0 Å². The summed E-state index contributed by atoms with van der Waals surface area (Å²) in [5, 5.41) is 0. The van der Waals surface area contributed by atoms with E-state index in [-0.39, 0.29) is 5.54 Å². The largest absolute Gasteiger partial charge is 0.326 e. The summed E-state index contributed by atoms with van der Waals surface area (Å²) in [5.74, 6) is 0. The summed E-state index contributed by atoms with van der Waals surface area (Å²) in [5.41, 5.74) is 2.49. The number of aromatic nitrogens is 3. The first-order valence-corrected chi connectivity index (χ1v) is 7.07. The van der Waals surface area contributed by atoms with Crippen molar-refractivity contribution in [3.8, 4) is 0 Å². The molecule has 0 aliphatic carbocycles. The first-order valence-electron chi connectivity index (χ1n) is 7.07. The Kier molecular flexibility index (Phi) is 3.05. The van der Waals surface area contributed by atoms with Gasteiger partial charge in [0.15, 0.2) is 0 Å². The molecule has 0 atom stereocenters. The smallest absolute Gasteiger partial charge is 0.0961 e. The van der Waals surface area contributed by atoms with E-state index in [1.54, 1.807) is 0 Å². The number of pyridine rings is 1. The highest BCUT2D eigenvalue weighted by Gasteiger charge is 2.28. The molecule has 1 saturated heterocycles. The molecular weight excluding hydrogens is 236 g/mol. The Labute approximate surface area is 114 Å². The molecular formula is C15H22N4. The van der Waals surface area contributed by atoms with E-state index in [1.165, 1.54) is 12.8 Å². The molecule has 0 N–H and O–H groups in total. The van der Waals surface area contributed by atoms with Gasteiger partial charge in [-0.2, -0.15) is 0 Å². The maximum Gasteiger partial charge on any atom is 0.0961 e. The molecule has 0 aromatic carbocycles. The van der Waals surface area contributed by atoms with Crippen molar-refractivity contribution in [1.29, 1.82) is 0 Å². The van der Waals surface area contributed by atoms with Gasteiger partial charge in [-0.05, 0) is 39.7 Å². The third-order valence-corrected chi connectivity index (χ3v) is 4.18. The molecule has 1 aliphatic heterocycles. The summed E-state index contributed by atoms with van der Waals surface area (Å²) < 4.78 is 2.31. The summed E-state index contributed by atoms with van der Waals surface area (Å²) in [7, 11) is 0. The summed E-state index contributed by atoms with van der Waals surface area (Å²) >= 11 is 0. The molecule has 0 saturated carbocycles. The average Bonchev–Trinajstić information content (AvgIpc) is 2.82. The van der Waals surface area contributed by atoms with Gasteiger partial charge in [0, 0.05) is 30.9 Å². The van der Waals surface area contributed by atoms with Crippen molar-refractivity contribution in [1.82, 2.24) is 19.4 Å². The van der Waals surface area contributed by atoms with Crippen molar-refractivity contribution in [2.45, 2.75) is 45.2 Å². The van der Waals surface area contributed by atoms with Crippen LogP contribution in [0.4, 0.5) is 0 Å². The minimum absolute atomic E-state index is 0.281. The van der Waals surface area contributed by atoms with E-state index in [4.69, 9.17) is 0 Å². The van der Waals surface area contributed by atoms with Crippen LogP contribution in [0.15, 0.2) is 24.8 Å². The predicted octanol–water partition coefficient (Wildman–Crippen LogP) is 2.87. The lowest BCUT2D eigenvalue weighted by atomic mass is 9.98. The van der Waals surface area contributed by atoms with Crippen molar-refractivity contribution in [2.24, 2.45) is 0 Å². The summed E-state index contributed by atoms with van der Waals surface area (Å²) in [6, 6.07) is 2.55. The van der Waals surface area contributed by atoms with E-state index in [1.807, 2.05) is 24.8 Å². The molecule has 4 nitrogen and oxygen atoms in total. The lowest BCUT2D eigenvalue weighted by Gasteiger charge is -2.41. The number of likely N-dealkylation sites (tertiary alicyclic amines) is 1. The van der Waals surface area contributed by atoms with Gasteiger partial charge < -0.3 is 4.57 Å².